The van der Waals surface area contributed by atoms with Gasteiger partial charge in [0.15, 0.2) is 11.6 Å². The van der Waals surface area contributed by atoms with Gasteiger partial charge < -0.3 is 9.84 Å². The molecule has 0 saturated carbocycles. The summed E-state index contributed by atoms with van der Waals surface area (Å²) in [6, 6.07) is 6.51. The zero-order chi connectivity index (χ0) is 17.2. The molecule has 3 aromatic heterocycles. The molecule has 1 aliphatic carbocycles. The lowest BCUT2D eigenvalue weighted by molar-refractivity contribution is 0.365. The second-order valence-electron chi connectivity index (χ2n) is 6.64. The number of anilines is 1. The molecule has 130 valence electrons. The Kier molecular flexibility index (Phi) is 4.21. The third kappa shape index (κ3) is 3.40. The predicted octanol–water partition coefficient (Wildman–Crippen LogP) is 2.69. The predicted molar refractivity (Wildman–Crippen MR) is 93.4 cm³/mol. The molecule has 4 rings (SSSR count). The van der Waals surface area contributed by atoms with Crippen molar-refractivity contribution < 1.29 is 4.52 Å². The lowest BCUT2D eigenvalue weighted by atomic mass is 10.1. The lowest BCUT2D eigenvalue weighted by Crippen LogP contribution is -2.20. The zero-order valence-electron chi connectivity index (χ0n) is 14.6. The normalized spacial score (nSPS) is 17.1. The SMILES string of the molecule is Cc1cc(Cn2nnc(NC3CCc4cccnc4CC3)c2C)on1. The van der Waals surface area contributed by atoms with Gasteiger partial charge in [-0.05, 0) is 51.2 Å². The third-order valence-electron chi connectivity index (χ3n) is 4.78. The number of nitrogens with one attached hydrogen (secondary N) is 1. The molecule has 7 nitrogen and oxygen atoms in total. The van der Waals surface area contributed by atoms with Crippen LogP contribution in [0.1, 0.15) is 41.2 Å². The van der Waals surface area contributed by atoms with E-state index in [2.05, 4.69) is 31.8 Å². The Morgan fingerprint density at radius 2 is 2.16 bits per heavy atom. The van der Waals surface area contributed by atoms with Crippen LogP contribution in [0.25, 0.3) is 0 Å². The highest BCUT2D eigenvalue weighted by atomic mass is 16.5. The number of pyridine rings is 1. The standard InChI is InChI=1S/C18H22N6O/c1-12-10-16(25-22-12)11-24-13(2)18(21-23-24)20-15-6-5-14-4-3-9-19-17(14)8-7-15/h3-4,9-10,15,20H,5-8,11H2,1-2H3. The first-order valence-corrected chi connectivity index (χ1v) is 8.70. The van der Waals surface area contributed by atoms with E-state index in [-0.39, 0.29) is 0 Å². The molecule has 1 atom stereocenters. The lowest BCUT2D eigenvalue weighted by Gasteiger charge is -2.15. The van der Waals surface area contributed by atoms with E-state index >= 15 is 0 Å². The molecule has 0 aliphatic heterocycles. The Morgan fingerprint density at radius 3 is 3.00 bits per heavy atom. The summed E-state index contributed by atoms with van der Waals surface area (Å²) < 4.78 is 7.11. The van der Waals surface area contributed by atoms with Crippen molar-refractivity contribution in [3.63, 3.8) is 0 Å². The van der Waals surface area contributed by atoms with Gasteiger partial charge in [0.25, 0.3) is 0 Å². The largest absolute Gasteiger partial charge is 0.364 e. The van der Waals surface area contributed by atoms with Crippen LogP contribution in [0.3, 0.4) is 0 Å². The van der Waals surface area contributed by atoms with Gasteiger partial charge in [0.2, 0.25) is 0 Å². The van der Waals surface area contributed by atoms with Gasteiger partial charge >= 0.3 is 0 Å². The van der Waals surface area contributed by atoms with Crippen LogP contribution < -0.4 is 5.32 Å². The number of aryl methyl sites for hydroxylation is 3. The Morgan fingerprint density at radius 1 is 1.28 bits per heavy atom. The fourth-order valence-electron chi connectivity index (χ4n) is 3.33. The molecule has 1 N–H and O–H groups in total. The fraction of sp³-hybridized carbons (Fsp3) is 0.444. The summed E-state index contributed by atoms with van der Waals surface area (Å²) >= 11 is 0. The summed E-state index contributed by atoms with van der Waals surface area (Å²) in [5.74, 6) is 1.63. The van der Waals surface area contributed by atoms with Crippen molar-refractivity contribution in [1.29, 1.82) is 0 Å². The average Bonchev–Trinajstić information content (AvgIpc) is 3.10. The smallest absolute Gasteiger partial charge is 0.171 e. The van der Waals surface area contributed by atoms with Crippen LogP contribution in [0.5, 0.6) is 0 Å². The second kappa shape index (κ2) is 6.66. The van der Waals surface area contributed by atoms with Gasteiger partial charge in [0.05, 0.1) is 11.4 Å². The summed E-state index contributed by atoms with van der Waals surface area (Å²) in [5.41, 5.74) is 4.48. The molecule has 1 unspecified atom stereocenters. The number of hydrogen-bond donors (Lipinski definition) is 1. The number of fused-ring (bicyclic) bond motifs is 1. The molecule has 0 saturated heterocycles. The van der Waals surface area contributed by atoms with E-state index in [4.69, 9.17) is 4.52 Å². The van der Waals surface area contributed by atoms with Gasteiger partial charge in [0, 0.05) is 24.0 Å². The molecular weight excluding hydrogens is 316 g/mol. The quantitative estimate of drug-likeness (QED) is 0.737. The minimum absolute atomic E-state index is 0.380. The second-order valence-corrected chi connectivity index (χ2v) is 6.64. The van der Waals surface area contributed by atoms with E-state index in [0.29, 0.717) is 12.6 Å². The van der Waals surface area contributed by atoms with E-state index in [1.807, 2.05) is 36.9 Å². The topological polar surface area (TPSA) is 81.7 Å². The highest BCUT2D eigenvalue weighted by molar-refractivity contribution is 5.40. The summed E-state index contributed by atoms with van der Waals surface area (Å²) in [6.07, 6.45) is 6.06. The van der Waals surface area contributed by atoms with Crippen molar-refractivity contribution in [3.8, 4) is 0 Å². The van der Waals surface area contributed by atoms with Gasteiger partial charge in [-0.3, -0.25) is 4.98 Å². The minimum Gasteiger partial charge on any atom is -0.364 e. The number of aromatic nitrogens is 5. The summed E-state index contributed by atoms with van der Waals surface area (Å²) in [7, 11) is 0. The highest BCUT2D eigenvalue weighted by Gasteiger charge is 2.19. The van der Waals surface area contributed by atoms with E-state index in [1.54, 1.807) is 0 Å². The molecule has 0 fully saturated rings. The van der Waals surface area contributed by atoms with Crippen LogP contribution in [0, 0.1) is 13.8 Å². The molecule has 3 aromatic rings. The van der Waals surface area contributed by atoms with Crippen molar-refractivity contribution in [1.82, 2.24) is 25.1 Å². The molecule has 0 bridgehead atoms. The van der Waals surface area contributed by atoms with Gasteiger partial charge in [-0.2, -0.15) is 0 Å². The van der Waals surface area contributed by atoms with Crippen LogP contribution in [0.4, 0.5) is 5.82 Å². The number of nitrogens with zero attached hydrogens (tertiary/aromatic N) is 5. The number of rotatable bonds is 4. The molecule has 3 heterocycles. The maximum atomic E-state index is 5.27. The van der Waals surface area contributed by atoms with Gasteiger partial charge in [-0.1, -0.05) is 16.4 Å². The van der Waals surface area contributed by atoms with Crippen molar-refractivity contribution in [2.75, 3.05) is 5.32 Å². The molecule has 25 heavy (non-hydrogen) atoms. The maximum Gasteiger partial charge on any atom is 0.171 e. The van der Waals surface area contributed by atoms with Gasteiger partial charge in [-0.25, -0.2) is 4.68 Å². The van der Waals surface area contributed by atoms with Crippen molar-refractivity contribution in [3.05, 3.63) is 52.8 Å². The van der Waals surface area contributed by atoms with Crippen LogP contribution >= 0.6 is 0 Å². The van der Waals surface area contributed by atoms with Crippen LogP contribution in [0.15, 0.2) is 28.9 Å². The van der Waals surface area contributed by atoms with Crippen molar-refractivity contribution >= 4 is 5.82 Å². The molecule has 0 amide bonds. The van der Waals surface area contributed by atoms with Crippen LogP contribution in [-0.2, 0) is 19.4 Å². The van der Waals surface area contributed by atoms with Crippen LogP contribution in [-0.4, -0.2) is 31.2 Å². The molecule has 0 aromatic carbocycles. The summed E-state index contributed by atoms with van der Waals surface area (Å²) in [4.78, 5) is 4.52. The Labute approximate surface area is 146 Å². The van der Waals surface area contributed by atoms with E-state index < -0.39 is 0 Å². The molecule has 1 aliphatic rings. The van der Waals surface area contributed by atoms with Gasteiger partial charge in [-0.15, -0.1) is 5.10 Å². The highest BCUT2D eigenvalue weighted by Crippen LogP contribution is 2.22. The van der Waals surface area contributed by atoms with E-state index in [1.165, 1.54) is 11.3 Å². The third-order valence-corrected chi connectivity index (χ3v) is 4.78. The maximum absolute atomic E-state index is 5.27. The van der Waals surface area contributed by atoms with Crippen molar-refractivity contribution in [2.45, 2.75) is 52.1 Å². The van der Waals surface area contributed by atoms with E-state index in [0.717, 1.165) is 48.6 Å². The molecule has 0 spiro atoms. The number of hydrogen-bond acceptors (Lipinski definition) is 6. The molecule has 7 heteroatoms. The van der Waals surface area contributed by atoms with Gasteiger partial charge in [0.1, 0.15) is 6.54 Å². The first kappa shape index (κ1) is 15.8. The molecule has 0 radical (unpaired) electrons. The van der Waals surface area contributed by atoms with Crippen molar-refractivity contribution in [2.24, 2.45) is 0 Å². The fourth-order valence-corrected chi connectivity index (χ4v) is 3.33. The molecular formula is C18H22N6O. The Bertz CT molecular complexity index is 841. The summed E-state index contributed by atoms with van der Waals surface area (Å²) in [6.45, 7) is 4.48. The summed E-state index contributed by atoms with van der Waals surface area (Å²) in [5, 5.41) is 16.1. The average molecular weight is 338 g/mol. The Hall–Kier alpha value is -2.70. The monoisotopic (exact) mass is 338 g/mol. The minimum atomic E-state index is 0.380. The first-order valence-electron chi connectivity index (χ1n) is 8.70. The van der Waals surface area contributed by atoms with E-state index in [9.17, 15) is 0 Å². The first-order chi connectivity index (χ1) is 12.2. The zero-order valence-corrected chi connectivity index (χ0v) is 14.6. The Balaban J connectivity index is 1.43. The van der Waals surface area contributed by atoms with Crippen LogP contribution in [0.2, 0.25) is 0 Å².